The second-order valence-electron chi connectivity index (χ2n) is 9.61. The molecule has 30 heavy (non-hydrogen) atoms. The molecule has 0 saturated carbocycles. The minimum absolute atomic E-state index is 0.129. The number of para-hydroxylation sites is 1. The first-order valence-corrected chi connectivity index (χ1v) is 12.2. The number of nitrogens with one attached hydrogen (secondary N) is 1. The Balaban J connectivity index is 1.44. The molecule has 0 aliphatic carbocycles. The summed E-state index contributed by atoms with van der Waals surface area (Å²) in [6, 6.07) is 9.52. The molecule has 0 amide bonds. The van der Waals surface area contributed by atoms with Gasteiger partial charge in [0.2, 0.25) is 0 Å². The molecule has 0 unspecified atom stereocenters. The van der Waals surface area contributed by atoms with E-state index in [4.69, 9.17) is 0 Å². The van der Waals surface area contributed by atoms with Gasteiger partial charge in [0, 0.05) is 22.7 Å². The van der Waals surface area contributed by atoms with Crippen LogP contribution in [0, 0.1) is 5.92 Å². The summed E-state index contributed by atoms with van der Waals surface area (Å²) in [5, 5.41) is 11.0. The number of aryl methyl sites for hydroxylation is 1. The van der Waals surface area contributed by atoms with Crippen molar-refractivity contribution >= 4 is 10.9 Å². The molecular formula is C27H43NO2. The van der Waals surface area contributed by atoms with Gasteiger partial charge in [-0.05, 0) is 44.2 Å². The number of H-pyrrole nitrogens is 1. The Morgan fingerprint density at radius 3 is 2.00 bits per heavy atom. The standard InChI is InChI=1S/C27H43NO2/c1-22(2)27(3,30)20-16-12-10-8-6-4-5-7-9-11-13-17-23-21-26(29)24-18-14-15-19-25(24)28-23/h14-15,18-19,21-22,30H,4-13,16-17,20H2,1-3H3,(H,28,29)/t27-/m0/s1. The zero-order chi connectivity index (χ0) is 21.8. The maximum atomic E-state index is 12.2. The summed E-state index contributed by atoms with van der Waals surface area (Å²) in [5.74, 6) is 0.340. The molecule has 2 N–H and O–H groups in total. The van der Waals surface area contributed by atoms with Crippen LogP contribution in [-0.4, -0.2) is 15.7 Å². The Morgan fingerprint density at radius 1 is 0.867 bits per heavy atom. The van der Waals surface area contributed by atoms with Crippen molar-refractivity contribution in [3.05, 3.63) is 46.2 Å². The van der Waals surface area contributed by atoms with Gasteiger partial charge in [-0.15, -0.1) is 0 Å². The molecule has 3 heteroatoms. The van der Waals surface area contributed by atoms with Crippen LogP contribution in [0.1, 0.15) is 104 Å². The summed E-state index contributed by atoms with van der Waals surface area (Å²) >= 11 is 0. The van der Waals surface area contributed by atoms with Crippen LogP contribution in [0.2, 0.25) is 0 Å². The zero-order valence-electron chi connectivity index (χ0n) is 19.5. The van der Waals surface area contributed by atoms with Crippen LogP contribution in [0.15, 0.2) is 35.1 Å². The van der Waals surface area contributed by atoms with Crippen molar-refractivity contribution in [3.8, 4) is 0 Å². The first-order chi connectivity index (χ1) is 14.4. The van der Waals surface area contributed by atoms with Crippen molar-refractivity contribution in [1.29, 1.82) is 0 Å². The Labute approximate surface area is 183 Å². The summed E-state index contributed by atoms with van der Waals surface area (Å²) in [4.78, 5) is 15.6. The molecule has 0 bridgehead atoms. The number of unbranched alkanes of at least 4 members (excludes halogenated alkanes) is 10. The molecule has 1 atom stereocenters. The monoisotopic (exact) mass is 413 g/mol. The first-order valence-electron chi connectivity index (χ1n) is 12.2. The Kier molecular flexibility index (Phi) is 10.6. The van der Waals surface area contributed by atoms with Gasteiger partial charge in [-0.25, -0.2) is 0 Å². The van der Waals surface area contributed by atoms with Crippen molar-refractivity contribution < 1.29 is 5.11 Å². The summed E-state index contributed by atoms with van der Waals surface area (Å²) in [6.45, 7) is 6.17. The van der Waals surface area contributed by atoms with Gasteiger partial charge in [-0.1, -0.05) is 90.2 Å². The molecule has 168 valence electrons. The number of hydrogen-bond acceptors (Lipinski definition) is 2. The molecule has 1 heterocycles. The fourth-order valence-corrected chi connectivity index (χ4v) is 4.06. The van der Waals surface area contributed by atoms with E-state index in [0.29, 0.717) is 5.92 Å². The van der Waals surface area contributed by atoms with Gasteiger partial charge in [-0.3, -0.25) is 4.79 Å². The average Bonchev–Trinajstić information content (AvgIpc) is 2.71. The van der Waals surface area contributed by atoms with E-state index >= 15 is 0 Å². The van der Waals surface area contributed by atoms with Crippen LogP contribution in [0.4, 0.5) is 0 Å². The Bertz CT molecular complexity index is 791. The topological polar surface area (TPSA) is 53.1 Å². The van der Waals surface area contributed by atoms with Gasteiger partial charge >= 0.3 is 0 Å². The van der Waals surface area contributed by atoms with Crippen LogP contribution in [-0.2, 0) is 6.42 Å². The minimum atomic E-state index is -0.496. The second kappa shape index (κ2) is 12.9. The molecule has 2 rings (SSSR count). The number of hydrogen-bond donors (Lipinski definition) is 2. The lowest BCUT2D eigenvalue weighted by molar-refractivity contribution is 0.00307. The van der Waals surface area contributed by atoms with Crippen molar-refractivity contribution in [1.82, 2.24) is 4.98 Å². The molecular weight excluding hydrogens is 370 g/mol. The molecule has 0 aliphatic heterocycles. The molecule has 1 aromatic heterocycles. The second-order valence-corrected chi connectivity index (χ2v) is 9.61. The van der Waals surface area contributed by atoms with E-state index in [-0.39, 0.29) is 5.43 Å². The van der Waals surface area contributed by atoms with Crippen LogP contribution in [0.25, 0.3) is 10.9 Å². The summed E-state index contributed by atoms with van der Waals surface area (Å²) in [7, 11) is 0. The molecule has 0 aliphatic rings. The maximum absolute atomic E-state index is 12.2. The maximum Gasteiger partial charge on any atom is 0.189 e. The van der Waals surface area contributed by atoms with E-state index in [1.807, 2.05) is 31.2 Å². The quantitative estimate of drug-likeness (QED) is 0.304. The molecule has 1 aromatic carbocycles. The van der Waals surface area contributed by atoms with Gasteiger partial charge in [0.15, 0.2) is 5.43 Å². The third-order valence-corrected chi connectivity index (χ3v) is 6.67. The number of pyridine rings is 1. The highest BCUT2D eigenvalue weighted by molar-refractivity contribution is 5.78. The number of aromatic nitrogens is 1. The number of rotatable bonds is 15. The van der Waals surface area contributed by atoms with E-state index in [0.717, 1.165) is 42.3 Å². The van der Waals surface area contributed by atoms with Gasteiger partial charge in [0.25, 0.3) is 0 Å². The van der Waals surface area contributed by atoms with E-state index < -0.39 is 5.60 Å². The highest BCUT2D eigenvalue weighted by Crippen LogP contribution is 2.23. The Hall–Kier alpha value is -1.61. The molecule has 0 radical (unpaired) electrons. The van der Waals surface area contributed by atoms with E-state index in [9.17, 15) is 9.90 Å². The largest absolute Gasteiger partial charge is 0.390 e. The zero-order valence-corrected chi connectivity index (χ0v) is 19.5. The number of aliphatic hydroxyl groups is 1. The van der Waals surface area contributed by atoms with Crippen LogP contribution < -0.4 is 5.43 Å². The third-order valence-electron chi connectivity index (χ3n) is 6.67. The van der Waals surface area contributed by atoms with Crippen LogP contribution in [0.5, 0.6) is 0 Å². The predicted octanol–water partition coefficient (Wildman–Crippen LogP) is 7.16. The summed E-state index contributed by atoms with van der Waals surface area (Å²) in [5.41, 5.74) is 1.65. The van der Waals surface area contributed by atoms with Gasteiger partial charge in [-0.2, -0.15) is 0 Å². The number of benzene rings is 1. The van der Waals surface area contributed by atoms with E-state index in [1.165, 1.54) is 57.8 Å². The molecule has 0 fully saturated rings. The molecule has 3 nitrogen and oxygen atoms in total. The van der Waals surface area contributed by atoms with Crippen molar-refractivity contribution in [2.24, 2.45) is 5.92 Å². The normalized spacial score (nSPS) is 13.8. The fraction of sp³-hybridized carbons (Fsp3) is 0.667. The lowest BCUT2D eigenvalue weighted by Crippen LogP contribution is -2.30. The third kappa shape index (κ3) is 8.63. The fourth-order valence-electron chi connectivity index (χ4n) is 4.06. The van der Waals surface area contributed by atoms with Crippen molar-refractivity contribution in [2.75, 3.05) is 0 Å². The SMILES string of the molecule is CC(C)[C@@](C)(O)CCCCCCCCCCCCCc1cc(=O)c2ccccc2[nH]1. The molecule has 0 saturated heterocycles. The lowest BCUT2D eigenvalue weighted by Gasteiger charge is -2.27. The summed E-state index contributed by atoms with van der Waals surface area (Å²) < 4.78 is 0. The number of aromatic amines is 1. The molecule has 2 aromatic rings. The van der Waals surface area contributed by atoms with Crippen molar-refractivity contribution in [2.45, 2.75) is 110 Å². The average molecular weight is 414 g/mol. The highest BCUT2D eigenvalue weighted by atomic mass is 16.3. The van der Waals surface area contributed by atoms with E-state index in [1.54, 1.807) is 6.07 Å². The lowest BCUT2D eigenvalue weighted by atomic mass is 9.87. The highest BCUT2D eigenvalue weighted by Gasteiger charge is 2.23. The van der Waals surface area contributed by atoms with Gasteiger partial charge in [0.1, 0.15) is 0 Å². The molecule has 0 spiro atoms. The van der Waals surface area contributed by atoms with Gasteiger partial charge < -0.3 is 10.1 Å². The Morgan fingerprint density at radius 2 is 1.40 bits per heavy atom. The predicted molar refractivity (Wildman–Crippen MR) is 129 cm³/mol. The summed E-state index contributed by atoms with van der Waals surface area (Å²) in [6.07, 6.45) is 16.0. The first kappa shape index (κ1) is 24.7. The van der Waals surface area contributed by atoms with Crippen LogP contribution in [0.3, 0.4) is 0 Å². The van der Waals surface area contributed by atoms with Crippen LogP contribution >= 0.6 is 0 Å². The number of fused-ring (bicyclic) bond motifs is 1. The van der Waals surface area contributed by atoms with Crippen molar-refractivity contribution in [3.63, 3.8) is 0 Å². The van der Waals surface area contributed by atoms with Gasteiger partial charge in [0.05, 0.1) is 5.60 Å². The van der Waals surface area contributed by atoms with E-state index in [2.05, 4.69) is 18.8 Å². The minimum Gasteiger partial charge on any atom is -0.390 e. The smallest absolute Gasteiger partial charge is 0.189 e.